The van der Waals surface area contributed by atoms with E-state index in [1.165, 1.54) is 0 Å². The molecule has 108 valence electrons. The van der Waals surface area contributed by atoms with Crippen LogP contribution in [0.3, 0.4) is 0 Å². The van der Waals surface area contributed by atoms with Gasteiger partial charge < -0.3 is 10.6 Å². The predicted octanol–water partition coefficient (Wildman–Crippen LogP) is -0.177. The molecule has 0 spiro atoms. The van der Waals surface area contributed by atoms with Gasteiger partial charge in [-0.15, -0.1) is 0 Å². The van der Waals surface area contributed by atoms with Crippen molar-refractivity contribution in [3.63, 3.8) is 0 Å². The highest BCUT2D eigenvalue weighted by Gasteiger charge is 2.26. The van der Waals surface area contributed by atoms with E-state index in [9.17, 15) is 4.79 Å². The molecule has 0 saturated carbocycles. The molecule has 1 amide bonds. The van der Waals surface area contributed by atoms with Crippen molar-refractivity contribution in [3.8, 4) is 0 Å². The van der Waals surface area contributed by atoms with Crippen LogP contribution in [0.15, 0.2) is 6.20 Å². The summed E-state index contributed by atoms with van der Waals surface area (Å²) in [6, 6.07) is 0. The van der Waals surface area contributed by atoms with Crippen LogP contribution in [0.1, 0.15) is 13.8 Å². The number of nitrogens with two attached hydrogens (primary N) is 1. The number of nitrogens with zero attached hydrogens (tertiary/aromatic N) is 3. The lowest BCUT2D eigenvalue weighted by Gasteiger charge is -2.23. The number of nitrogen functional groups attached to an aromatic ring is 1. The Bertz CT molecular complexity index is 620. The van der Waals surface area contributed by atoms with Crippen LogP contribution in [0.25, 0.3) is 11.0 Å². The first-order valence-corrected chi connectivity index (χ1v) is 6.11. The van der Waals surface area contributed by atoms with Gasteiger partial charge in [-0.2, -0.15) is 15.1 Å². The third-order valence-corrected chi connectivity index (χ3v) is 2.98. The van der Waals surface area contributed by atoms with E-state index in [-0.39, 0.29) is 11.9 Å². The number of hydrogen-bond acceptors (Lipinski definition) is 7. The molecule has 0 aromatic carbocycles. The van der Waals surface area contributed by atoms with Gasteiger partial charge in [0.1, 0.15) is 5.82 Å². The molecule has 2 rings (SSSR count). The number of carbonyl (C=O) groups excluding carboxylic acids is 1. The van der Waals surface area contributed by atoms with Gasteiger partial charge >= 0.3 is 0 Å². The summed E-state index contributed by atoms with van der Waals surface area (Å²) < 4.78 is 0. The number of H-pyrrole nitrogens is 1. The number of amides is 1. The Kier molecular flexibility index (Phi) is 3.70. The number of rotatable bonds is 5. The molecule has 9 heteroatoms. The fourth-order valence-electron chi connectivity index (χ4n) is 1.76. The highest BCUT2D eigenvalue weighted by Crippen LogP contribution is 2.22. The highest BCUT2D eigenvalue weighted by atomic mass is 16.2. The van der Waals surface area contributed by atoms with E-state index in [1.54, 1.807) is 13.2 Å². The molecule has 2 heterocycles. The van der Waals surface area contributed by atoms with Crippen molar-refractivity contribution in [2.45, 2.75) is 13.8 Å². The molecule has 0 saturated heterocycles. The molecule has 9 nitrogen and oxygen atoms in total. The van der Waals surface area contributed by atoms with E-state index in [1.807, 2.05) is 13.8 Å². The summed E-state index contributed by atoms with van der Waals surface area (Å²) in [6.45, 7) is 4.09. The lowest BCUT2D eigenvalue weighted by molar-refractivity contribution is -0.128. The number of nitrogens with one attached hydrogen (secondary N) is 4. The number of hydrogen-bond donors (Lipinski definition) is 5. The van der Waals surface area contributed by atoms with Gasteiger partial charge in [0, 0.05) is 13.6 Å². The Hall–Kier alpha value is -2.42. The third-order valence-electron chi connectivity index (χ3n) is 2.98. The fraction of sp³-hybridized carbons (Fsp3) is 0.455. The molecule has 2 aromatic heterocycles. The van der Waals surface area contributed by atoms with Crippen LogP contribution in [0.5, 0.6) is 0 Å². The van der Waals surface area contributed by atoms with Gasteiger partial charge in [0.2, 0.25) is 11.9 Å². The fourth-order valence-corrected chi connectivity index (χ4v) is 1.76. The molecule has 0 aliphatic heterocycles. The van der Waals surface area contributed by atoms with Crippen LogP contribution in [-0.4, -0.2) is 39.7 Å². The summed E-state index contributed by atoms with van der Waals surface area (Å²) in [5.74, 6) is 6.10. The van der Waals surface area contributed by atoms with Crippen LogP contribution in [0, 0.1) is 5.41 Å². The van der Waals surface area contributed by atoms with E-state index in [0.717, 1.165) is 5.39 Å². The summed E-state index contributed by atoms with van der Waals surface area (Å²) in [6.07, 6.45) is 1.62. The molecule has 2 aromatic rings. The molecular weight excluding hydrogens is 260 g/mol. The number of fused-ring (bicyclic) bond motifs is 1. The molecular formula is C11H18N8O. The van der Waals surface area contributed by atoms with E-state index < -0.39 is 5.41 Å². The first kappa shape index (κ1) is 14.0. The van der Waals surface area contributed by atoms with Gasteiger partial charge in [0.25, 0.3) is 0 Å². The summed E-state index contributed by atoms with van der Waals surface area (Å²) in [7, 11) is 1.61. The number of carbonyl (C=O) groups is 1. The van der Waals surface area contributed by atoms with Gasteiger partial charge in [0.15, 0.2) is 5.65 Å². The number of aromatic nitrogens is 4. The molecule has 0 unspecified atom stereocenters. The minimum atomic E-state index is -0.577. The second-order valence-electron chi connectivity index (χ2n) is 4.99. The molecule has 20 heavy (non-hydrogen) atoms. The second-order valence-corrected chi connectivity index (χ2v) is 4.99. The Morgan fingerprint density at radius 1 is 1.45 bits per heavy atom. The van der Waals surface area contributed by atoms with Gasteiger partial charge in [-0.1, -0.05) is 0 Å². The molecule has 0 bridgehead atoms. The Morgan fingerprint density at radius 3 is 2.85 bits per heavy atom. The summed E-state index contributed by atoms with van der Waals surface area (Å²) in [5, 5.41) is 13.2. The van der Waals surface area contributed by atoms with Crippen molar-refractivity contribution >= 4 is 28.7 Å². The first-order valence-electron chi connectivity index (χ1n) is 6.11. The zero-order chi connectivity index (χ0) is 14.8. The highest BCUT2D eigenvalue weighted by molar-refractivity contribution is 5.87. The minimum absolute atomic E-state index is 0.0559. The standard InChI is InChI=1S/C11H18N8O/c1-11(2,9(20)13-3)5-14-7-6-4-15-19-8(6)17-10(16-7)18-12/h4H,5,12H2,1-3H3,(H,13,20)(H3,14,15,16,17,18,19). The molecule has 0 aliphatic rings. The van der Waals surface area contributed by atoms with Crippen LogP contribution < -0.4 is 21.9 Å². The van der Waals surface area contributed by atoms with Gasteiger partial charge in [0.05, 0.1) is 17.0 Å². The normalized spacial score (nSPS) is 11.4. The van der Waals surface area contributed by atoms with E-state index >= 15 is 0 Å². The van der Waals surface area contributed by atoms with E-state index in [2.05, 4.69) is 36.2 Å². The maximum Gasteiger partial charge on any atom is 0.241 e. The van der Waals surface area contributed by atoms with Crippen molar-refractivity contribution in [1.29, 1.82) is 0 Å². The Labute approximate surface area is 115 Å². The summed E-state index contributed by atoms with van der Waals surface area (Å²) in [4.78, 5) is 20.1. The molecule has 0 atom stereocenters. The third kappa shape index (κ3) is 2.62. The molecule has 0 radical (unpaired) electrons. The lowest BCUT2D eigenvalue weighted by Crippen LogP contribution is -2.39. The predicted molar refractivity (Wildman–Crippen MR) is 75.8 cm³/mol. The first-order chi connectivity index (χ1) is 9.47. The largest absolute Gasteiger partial charge is 0.368 e. The zero-order valence-corrected chi connectivity index (χ0v) is 11.6. The van der Waals surface area contributed by atoms with Gasteiger partial charge in [-0.25, -0.2) is 5.84 Å². The average molecular weight is 278 g/mol. The monoisotopic (exact) mass is 278 g/mol. The Balaban J connectivity index is 2.25. The Morgan fingerprint density at radius 2 is 2.20 bits per heavy atom. The van der Waals surface area contributed by atoms with Crippen molar-refractivity contribution < 1.29 is 4.79 Å². The van der Waals surface area contributed by atoms with Crippen molar-refractivity contribution in [1.82, 2.24) is 25.5 Å². The summed E-state index contributed by atoms with van der Waals surface area (Å²) in [5.41, 5.74) is 2.38. The lowest BCUT2D eigenvalue weighted by atomic mass is 9.92. The van der Waals surface area contributed by atoms with Crippen LogP contribution in [0.2, 0.25) is 0 Å². The van der Waals surface area contributed by atoms with Crippen LogP contribution in [0.4, 0.5) is 11.8 Å². The van der Waals surface area contributed by atoms with Crippen molar-refractivity contribution in [2.75, 3.05) is 24.3 Å². The maximum absolute atomic E-state index is 11.8. The molecule has 0 aliphatic carbocycles. The number of anilines is 2. The second kappa shape index (κ2) is 5.29. The molecule has 6 N–H and O–H groups in total. The topological polar surface area (TPSA) is 134 Å². The zero-order valence-electron chi connectivity index (χ0n) is 11.6. The van der Waals surface area contributed by atoms with Crippen LogP contribution in [-0.2, 0) is 4.79 Å². The number of hydrazine groups is 1. The van der Waals surface area contributed by atoms with Crippen LogP contribution >= 0.6 is 0 Å². The average Bonchev–Trinajstić information content (AvgIpc) is 2.91. The summed E-state index contributed by atoms with van der Waals surface area (Å²) >= 11 is 0. The van der Waals surface area contributed by atoms with E-state index in [0.29, 0.717) is 18.0 Å². The number of aromatic amines is 1. The molecule has 0 fully saturated rings. The van der Waals surface area contributed by atoms with Gasteiger partial charge in [-0.3, -0.25) is 15.3 Å². The SMILES string of the molecule is CNC(=O)C(C)(C)CNc1nc(NN)nc2[nH]ncc12. The van der Waals surface area contributed by atoms with E-state index in [4.69, 9.17) is 5.84 Å². The van der Waals surface area contributed by atoms with Crippen molar-refractivity contribution in [3.05, 3.63) is 6.20 Å². The minimum Gasteiger partial charge on any atom is -0.368 e. The smallest absolute Gasteiger partial charge is 0.241 e. The van der Waals surface area contributed by atoms with Gasteiger partial charge in [-0.05, 0) is 13.8 Å². The quantitative estimate of drug-likeness (QED) is 0.378. The van der Waals surface area contributed by atoms with Crippen molar-refractivity contribution in [2.24, 2.45) is 11.3 Å². The maximum atomic E-state index is 11.8.